The molecule has 0 radical (unpaired) electrons. The van der Waals surface area contributed by atoms with Crippen LogP contribution in [0.4, 0.5) is 17.5 Å². The lowest BCUT2D eigenvalue weighted by Crippen LogP contribution is -2.13. The molecule has 2 heterocycles. The van der Waals surface area contributed by atoms with Gasteiger partial charge >= 0.3 is 5.97 Å². The Morgan fingerprint density at radius 1 is 1.29 bits per heavy atom. The number of hydrogen-bond donors (Lipinski definition) is 3. The predicted octanol–water partition coefficient (Wildman–Crippen LogP) is 4.01. The van der Waals surface area contributed by atoms with Crippen molar-refractivity contribution in [3.05, 3.63) is 48.0 Å². The smallest absolute Gasteiger partial charge is 0.302 e. The fourth-order valence-corrected chi connectivity index (χ4v) is 3.46. The van der Waals surface area contributed by atoms with E-state index in [1.807, 2.05) is 17.5 Å². The van der Waals surface area contributed by atoms with Gasteiger partial charge < -0.3 is 24.4 Å². The Morgan fingerprint density at radius 2 is 2.07 bits per heavy atom. The van der Waals surface area contributed by atoms with Crippen LogP contribution < -0.4 is 10.6 Å². The molecule has 3 N–H and O–H groups in total. The molecule has 146 valence electrons. The van der Waals surface area contributed by atoms with Gasteiger partial charge in [-0.2, -0.15) is 15.6 Å². The lowest BCUT2D eigenvalue weighted by Gasteiger charge is -2.13. The van der Waals surface area contributed by atoms with E-state index in [-0.39, 0.29) is 12.6 Å². The van der Waals surface area contributed by atoms with Crippen LogP contribution in [0, 0.1) is 4.78 Å². The number of hydrogen-bond acceptors (Lipinski definition) is 10. The van der Waals surface area contributed by atoms with Crippen LogP contribution in [0.2, 0.25) is 0 Å². The van der Waals surface area contributed by atoms with Crippen LogP contribution in [0.1, 0.15) is 6.92 Å². The fourth-order valence-electron chi connectivity index (χ4n) is 2.34. The van der Waals surface area contributed by atoms with Gasteiger partial charge in [0.05, 0.1) is 12.1 Å². The van der Waals surface area contributed by atoms with Crippen molar-refractivity contribution in [3.8, 4) is 10.4 Å². The molecule has 0 aliphatic carbocycles. The van der Waals surface area contributed by atoms with E-state index >= 15 is 0 Å². The summed E-state index contributed by atoms with van der Waals surface area (Å²) in [5, 5.41) is 8.24. The topological polar surface area (TPSA) is 117 Å². The Morgan fingerprint density at radius 3 is 2.71 bits per heavy atom. The highest BCUT2D eigenvalue weighted by Crippen LogP contribution is 2.30. The Hall–Kier alpha value is -2.98. The minimum absolute atomic E-state index is 0.234. The normalized spacial score (nSPS) is 10.6. The molecule has 2 aromatic heterocycles. The number of nitrogens with zero attached hydrogens (tertiary/aromatic N) is 2. The van der Waals surface area contributed by atoms with Crippen molar-refractivity contribution < 1.29 is 13.7 Å². The lowest BCUT2D eigenvalue weighted by molar-refractivity contribution is -0.140. The third kappa shape index (κ3) is 5.27. The van der Waals surface area contributed by atoms with E-state index < -0.39 is 10.6 Å². The summed E-state index contributed by atoms with van der Waals surface area (Å²) in [5.41, 5.74) is 1.56. The van der Waals surface area contributed by atoms with Crippen molar-refractivity contribution in [1.29, 1.82) is 4.78 Å². The minimum Gasteiger partial charge on any atom is -0.464 e. The van der Waals surface area contributed by atoms with E-state index in [1.54, 1.807) is 41.8 Å². The Kier molecular flexibility index (Phi) is 6.56. The lowest BCUT2D eigenvalue weighted by atomic mass is 10.2. The maximum absolute atomic E-state index is 11.2. The monoisotopic (exact) mass is 416 g/mol. The highest BCUT2D eigenvalue weighted by atomic mass is 32.2. The molecule has 8 nitrogen and oxygen atoms in total. The summed E-state index contributed by atoms with van der Waals surface area (Å²) in [5.74, 6) is 0.674. The summed E-state index contributed by atoms with van der Waals surface area (Å²) < 4.78 is 23.3. The molecule has 0 aliphatic rings. The second-order valence-electron chi connectivity index (χ2n) is 5.62. The number of anilines is 3. The van der Waals surface area contributed by atoms with E-state index in [4.69, 9.17) is 9.52 Å². The number of rotatable bonds is 8. The molecule has 0 fully saturated rings. The van der Waals surface area contributed by atoms with Gasteiger partial charge in [0.15, 0.2) is 0 Å². The van der Waals surface area contributed by atoms with Gasteiger partial charge in [0, 0.05) is 23.7 Å². The van der Waals surface area contributed by atoms with E-state index in [9.17, 15) is 9.00 Å². The molecule has 3 rings (SSSR count). The van der Waals surface area contributed by atoms with Crippen molar-refractivity contribution >= 4 is 45.4 Å². The van der Waals surface area contributed by atoms with E-state index in [2.05, 4.69) is 20.6 Å². The number of aromatic nitrogens is 2. The summed E-state index contributed by atoms with van der Waals surface area (Å²) in [6, 6.07) is 10.6. The molecule has 3 aromatic rings. The number of thiophene rings is 1. The minimum atomic E-state index is -1.77. The average molecular weight is 417 g/mol. The van der Waals surface area contributed by atoms with Gasteiger partial charge in [-0.15, -0.1) is 11.3 Å². The number of carbonyl (C=O) groups is 1. The predicted molar refractivity (Wildman–Crippen MR) is 109 cm³/mol. The first-order valence-corrected chi connectivity index (χ1v) is 10.3. The fraction of sp³-hybridized carbons (Fsp3) is 0.167. The molecular formula is C18H18N5O3S2-. The van der Waals surface area contributed by atoms with Crippen LogP contribution in [-0.4, -0.2) is 29.1 Å². The molecule has 0 saturated heterocycles. The summed E-state index contributed by atoms with van der Waals surface area (Å²) in [4.78, 5) is 21.3. The highest BCUT2D eigenvalue weighted by molar-refractivity contribution is 7.73. The number of esters is 1. The van der Waals surface area contributed by atoms with Crippen LogP contribution >= 0.6 is 11.3 Å². The molecule has 0 amide bonds. The largest absolute Gasteiger partial charge is 0.464 e. The van der Waals surface area contributed by atoms with Crippen LogP contribution in [-0.2, 0) is 24.3 Å². The van der Waals surface area contributed by atoms with Crippen LogP contribution in [0.15, 0.2) is 52.9 Å². The standard InChI is InChI=1S/C18H18N5O3S2/c1-12(24)26-9-8-20-17-15(16-3-2-10-27-16)11-21-18(23-17)22-13-4-6-14(7-5-13)28(19)25/h2-7,10-11,19H,8-9H2,1H3,(H2,20,21,22,23)/q-1. The average Bonchev–Trinajstić information content (AvgIpc) is 3.20. The number of benzene rings is 1. The Bertz CT molecular complexity index is 1010. The zero-order valence-electron chi connectivity index (χ0n) is 15.0. The second-order valence-corrected chi connectivity index (χ2v) is 7.57. The number of ether oxygens (including phenoxy) is 1. The summed E-state index contributed by atoms with van der Waals surface area (Å²) in [6.07, 6.45) is 1.72. The molecule has 10 heteroatoms. The molecule has 0 aliphatic heterocycles. The zero-order valence-corrected chi connectivity index (χ0v) is 16.6. The van der Waals surface area contributed by atoms with Gasteiger partial charge in [-0.3, -0.25) is 4.79 Å². The molecule has 0 saturated carbocycles. The van der Waals surface area contributed by atoms with Crippen molar-refractivity contribution in [3.63, 3.8) is 0 Å². The third-order valence-corrected chi connectivity index (χ3v) is 5.20. The van der Waals surface area contributed by atoms with Crippen molar-refractivity contribution in [2.45, 2.75) is 11.8 Å². The van der Waals surface area contributed by atoms with Gasteiger partial charge in [0.2, 0.25) is 5.95 Å². The summed E-state index contributed by atoms with van der Waals surface area (Å²) in [6.45, 7) is 2.02. The molecular weight excluding hydrogens is 398 g/mol. The molecule has 0 atom stereocenters. The van der Waals surface area contributed by atoms with Gasteiger partial charge in [-0.25, -0.2) is 4.98 Å². The van der Waals surface area contributed by atoms with Gasteiger partial charge in [-0.05, 0) is 23.6 Å². The SMILES string of the molecule is CC(=O)OCCNc1nc(Nc2ccc([S-](=N)=O)cc2)ncc1-c1cccs1. The maximum atomic E-state index is 11.2. The zero-order chi connectivity index (χ0) is 19.9. The third-order valence-electron chi connectivity index (χ3n) is 3.60. The Balaban J connectivity index is 1.80. The highest BCUT2D eigenvalue weighted by Gasteiger charge is 2.11. The summed E-state index contributed by atoms with van der Waals surface area (Å²) in [7, 11) is -1.77. The van der Waals surface area contributed by atoms with Crippen molar-refractivity contribution in [2.75, 3.05) is 23.8 Å². The molecule has 0 bridgehead atoms. The van der Waals surface area contributed by atoms with E-state index in [0.29, 0.717) is 28.9 Å². The first-order valence-electron chi connectivity index (χ1n) is 8.31. The van der Waals surface area contributed by atoms with Crippen LogP contribution in [0.25, 0.3) is 10.4 Å². The molecule has 28 heavy (non-hydrogen) atoms. The van der Waals surface area contributed by atoms with Gasteiger partial charge in [0.25, 0.3) is 0 Å². The molecule has 0 unspecified atom stereocenters. The first-order chi connectivity index (χ1) is 13.5. The second kappa shape index (κ2) is 9.29. The quantitative estimate of drug-likeness (QED) is 0.288. The van der Waals surface area contributed by atoms with Crippen LogP contribution in [0.5, 0.6) is 0 Å². The van der Waals surface area contributed by atoms with Crippen LogP contribution in [0.3, 0.4) is 0 Å². The van der Waals surface area contributed by atoms with E-state index in [0.717, 1.165) is 10.4 Å². The molecule has 1 aromatic carbocycles. The maximum Gasteiger partial charge on any atom is 0.302 e. The van der Waals surface area contributed by atoms with Crippen molar-refractivity contribution in [2.24, 2.45) is 0 Å². The van der Waals surface area contributed by atoms with Gasteiger partial charge in [-0.1, -0.05) is 23.1 Å². The van der Waals surface area contributed by atoms with Crippen molar-refractivity contribution in [1.82, 2.24) is 9.97 Å². The first kappa shape index (κ1) is 19.8. The number of nitrogens with one attached hydrogen (secondary N) is 3. The van der Waals surface area contributed by atoms with Gasteiger partial charge in [0.1, 0.15) is 12.4 Å². The molecule has 0 spiro atoms. The number of carbonyl (C=O) groups excluding carboxylic acids is 1. The Labute approximate surface area is 168 Å². The summed E-state index contributed by atoms with van der Waals surface area (Å²) >= 11 is 1.58. The van der Waals surface area contributed by atoms with E-state index in [1.165, 1.54) is 6.92 Å².